The van der Waals surface area contributed by atoms with Crippen LogP contribution in [-0.2, 0) is 54.4 Å². The van der Waals surface area contributed by atoms with Crippen molar-refractivity contribution in [2.45, 2.75) is 114 Å². The van der Waals surface area contributed by atoms with Gasteiger partial charge in [-0.15, -0.1) is 0 Å². The molecular weight excluding hydrogens is 786 g/mol. The van der Waals surface area contributed by atoms with E-state index in [1.54, 1.807) is 44.2 Å². The second-order valence-electron chi connectivity index (χ2n) is 13.8. The number of carboxylic acid groups (broad SMARTS) is 4. The Morgan fingerprint density at radius 3 is 1.29 bits per heavy atom. The Hall–Kier alpha value is -6.20. The maximum absolute atomic E-state index is 13.8. The predicted octanol–water partition coefficient (Wildman–Crippen LogP) is -3.83. The molecule has 8 atom stereocenters. The molecule has 6 amide bonds. The monoisotopic (exact) mass is 839 g/mol. The van der Waals surface area contributed by atoms with Crippen LogP contribution in [0.3, 0.4) is 0 Å². The van der Waals surface area contributed by atoms with Gasteiger partial charge < -0.3 is 68.3 Å². The van der Waals surface area contributed by atoms with Crippen LogP contribution in [0.15, 0.2) is 30.3 Å². The highest BCUT2D eigenvalue weighted by Gasteiger charge is 2.36. The summed E-state index contributed by atoms with van der Waals surface area (Å²) in [5.41, 5.74) is 6.39. The van der Waals surface area contributed by atoms with Gasteiger partial charge in [0.05, 0.1) is 18.8 Å². The van der Waals surface area contributed by atoms with E-state index >= 15 is 0 Å². The number of rotatable bonds is 27. The van der Waals surface area contributed by atoms with Crippen LogP contribution >= 0.6 is 0 Å². The minimum Gasteiger partial charge on any atom is -0.481 e. The van der Waals surface area contributed by atoms with Gasteiger partial charge in [0.15, 0.2) is 0 Å². The normalized spacial score (nSPS) is 15.0. The summed E-state index contributed by atoms with van der Waals surface area (Å²) >= 11 is 0. The lowest BCUT2D eigenvalue weighted by Crippen LogP contribution is -2.62. The summed E-state index contributed by atoms with van der Waals surface area (Å²) in [4.78, 5) is 125. The van der Waals surface area contributed by atoms with Crippen molar-refractivity contribution in [1.29, 1.82) is 0 Å². The molecule has 0 aliphatic heterocycles. The molecule has 0 radical (unpaired) electrons. The first kappa shape index (κ1) is 50.8. The minimum absolute atomic E-state index is 0.236. The summed E-state index contributed by atoms with van der Waals surface area (Å²) in [6.45, 7) is 3.28. The first-order valence-corrected chi connectivity index (χ1v) is 18.4. The number of carboxylic acids is 4. The number of benzene rings is 1. The molecule has 23 nitrogen and oxygen atoms in total. The lowest BCUT2D eigenvalue weighted by atomic mass is 10.0. The zero-order chi connectivity index (χ0) is 45.0. The second-order valence-corrected chi connectivity index (χ2v) is 13.8. The zero-order valence-corrected chi connectivity index (χ0v) is 32.6. The molecule has 0 aliphatic rings. The summed E-state index contributed by atoms with van der Waals surface area (Å²) in [6, 6.07) is -3.35. The van der Waals surface area contributed by atoms with Crippen LogP contribution in [0.1, 0.15) is 64.9 Å². The largest absolute Gasteiger partial charge is 0.481 e. The Kier molecular flexibility index (Phi) is 21.7. The van der Waals surface area contributed by atoms with E-state index in [0.29, 0.717) is 5.56 Å². The molecule has 0 heterocycles. The lowest BCUT2D eigenvalue weighted by Gasteiger charge is -2.28. The average molecular weight is 840 g/mol. The standard InChI is InChI=1S/C36H53N7O16/c1-17(2)28(37)34(56)39-21(10-13-26(48)49)31(53)41-23(15-19-7-5-4-6-8-19)33(55)43-29(18(3)45)35(57)40-22(11-14-27(50)51)30(52)38-20(9-12-25(46)47)32(54)42-24(16-44)36(58)59/h4-8,17-18,20-24,28-29,44-45H,9-16,37H2,1-3H3,(H,38,52)(H,39,56)(H,40,57)(H,41,53)(H,42,54)(H,43,55)(H,46,47)(H,48,49)(H,50,51)(H,58,59)/t18-,20+,21+,22+,23+,24+,28+,29+/m1/s1. The first-order chi connectivity index (χ1) is 27.6. The van der Waals surface area contributed by atoms with E-state index in [0.717, 1.165) is 6.92 Å². The van der Waals surface area contributed by atoms with Crippen molar-refractivity contribution >= 4 is 59.3 Å². The van der Waals surface area contributed by atoms with Gasteiger partial charge >= 0.3 is 23.9 Å². The summed E-state index contributed by atoms with van der Waals surface area (Å²) < 4.78 is 0. The number of carbonyl (C=O) groups is 10. The van der Waals surface area contributed by atoms with Gasteiger partial charge in [0, 0.05) is 25.7 Å². The lowest BCUT2D eigenvalue weighted by molar-refractivity contribution is -0.144. The van der Waals surface area contributed by atoms with Crippen LogP contribution in [-0.4, -0.2) is 145 Å². The molecular formula is C36H53N7O16. The second kappa shape index (κ2) is 25.2. The van der Waals surface area contributed by atoms with Crippen molar-refractivity contribution in [1.82, 2.24) is 31.9 Å². The Labute approximate surface area is 337 Å². The Balaban J connectivity index is 3.45. The summed E-state index contributed by atoms with van der Waals surface area (Å²) in [6.07, 6.45) is -5.68. The molecule has 14 N–H and O–H groups in total. The summed E-state index contributed by atoms with van der Waals surface area (Å²) in [5, 5.41) is 70.1. The number of nitrogens with one attached hydrogen (secondary N) is 6. The van der Waals surface area contributed by atoms with Crippen LogP contribution in [0.2, 0.25) is 0 Å². The molecule has 1 rings (SSSR count). The Morgan fingerprint density at radius 1 is 0.542 bits per heavy atom. The number of carbonyl (C=O) groups excluding carboxylic acids is 6. The van der Waals surface area contributed by atoms with E-state index in [1.807, 2.05) is 5.32 Å². The Morgan fingerprint density at radius 2 is 0.915 bits per heavy atom. The van der Waals surface area contributed by atoms with Gasteiger partial charge in [-0.1, -0.05) is 44.2 Å². The fourth-order valence-electron chi connectivity index (χ4n) is 5.16. The van der Waals surface area contributed by atoms with E-state index in [2.05, 4.69) is 26.6 Å². The van der Waals surface area contributed by atoms with Gasteiger partial charge in [-0.2, -0.15) is 0 Å². The number of amides is 6. The van der Waals surface area contributed by atoms with Gasteiger partial charge in [0.2, 0.25) is 35.4 Å². The quantitative estimate of drug-likeness (QED) is 0.0404. The number of hydrogen-bond acceptors (Lipinski definition) is 13. The van der Waals surface area contributed by atoms with Crippen molar-refractivity contribution in [3.63, 3.8) is 0 Å². The number of nitrogens with two attached hydrogens (primary N) is 1. The zero-order valence-electron chi connectivity index (χ0n) is 32.6. The molecule has 0 aliphatic carbocycles. The molecule has 0 aromatic heterocycles. The highest BCUT2D eigenvalue weighted by atomic mass is 16.4. The molecule has 0 spiro atoms. The van der Waals surface area contributed by atoms with Gasteiger partial charge in [-0.05, 0) is 37.7 Å². The van der Waals surface area contributed by atoms with Crippen molar-refractivity contribution < 1.29 is 78.6 Å². The Bertz CT molecular complexity index is 1660. The SMILES string of the molecule is CC(C)[C@H](N)C(=O)N[C@@H](CCC(=O)O)C(=O)N[C@@H](Cc1ccccc1)C(=O)N[C@H](C(=O)N[C@@H](CCC(=O)O)C(=O)N[C@@H](CCC(=O)O)C(=O)N[C@@H](CO)C(=O)O)[C@@H](C)O. The molecule has 328 valence electrons. The van der Waals surface area contributed by atoms with Crippen LogP contribution in [0.25, 0.3) is 0 Å². The molecule has 0 unspecified atom stereocenters. The van der Waals surface area contributed by atoms with E-state index in [9.17, 15) is 73.5 Å². The fourth-order valence-corrected chi connectivity index (χ4v) is 5.16. The number of aliphatic hydroxyl groups is 2. The van der Waals surface area contributed by atoms with E-state index < -0.39 is 153 Å². The number of hydrogen-bond donors (Lipinski definition) is 13. The molecule has 23 heteroatoms. The van der Waals surface area contributed by atoms with Crippen LogP contribution in [0.4, 0.5) is 0 Å². The summed E-state index contributed by atoms with van der Waals surface area (Å²) in [5.74, 6) is -12.8. The van der Waals surface area contributed by atoms with Crippen molar-refractivity contribution in [2.24, 2.45) is 11.7 Å². The molecule has 59 heavy (non-hydrogen) atoms. The average Bonchev–Trinajstić information content (AvgIpc) is 3.16. The third-order valence-electron chi connectivity index (χ3n) is 8.64. The van der Waals surface area contributed by atoms with E-state index in [1.165, 1.54) is 0 Å². The van der Waals surface area contributed by atoms with E-state index in [4.69, 9.17) is 10.8 Å². The number of aliphatic carboxylic acids is 4. The van der Waals surface area contributed by atoms with Gasteiger partial charge in [0.25, 0.3) is 0 Å². The number of aliphatic hydroxyl groups excluding tert-OH is 2. The maximum atomic E-state index is 13.8. The third kappa shape index (κ3) is 18.7. The molecule has 1 aromatic rings. The highest BCUT2D eigenvalue weighted by Crippen LogP contribution is 2.10. The smallest absolute Gasteiger partial charge is 0.328 e. The van der Waals surface area contributed by atoms with Gasteiger partial charge in [-0.3, -0.25) is 43.2 Å². The van der Waals surface area contributed by atoms with Crippen LogP contribution < -0.4 is 37.6 Å². The third-order valence-corrected chi connectivity index (χ3v) is 8.64. The van der Waals surface area contributed by atoms with Crippen LogP contribution in [0, 0.1) is 5.92 Å². The maximum Gasteiger partial charge on any atom is 0.328 e. The van der Waals surface area contributed by atoms with Crippen molar-refractivity contribution in [2.75, 3.05) is 6.61 Å². The molecule has 0 saturated carbocycles. The van der Waals surface area contributed by atoms with Gasteiger partial charge in [-0.25, -0.2) is 4.79 Å². The van der Waals surface area contributed by atoms with E-state index in [-0.39, 0.29) is 12.3 Å². The molecule has 1 aromatic carbocycles. The van der Waals surface area contributed by atoms with Gasteiger partial charge in [0.1, 0.15) is 36.3 Å². The molecule has 0 saturated heterocycles. The van der Waals surface area contributed by atoms with Crippen molar-refractivity contribution in [3.05, 3.63) is 35.9 Å². The first-order valence-electron chi connectivity index (χ1n) is 18.4. The molecule has 0 fully saturated rings. The predicted molar refractivity (Wildman–Crippen MR) is 202 cm³/mol. The highest BCUT2D eigenvalue weighted by molar-refractivity contribution is 5.97. The van der Waals surface area contributed by atoms with Crippen LogP contribution in [0.5, 0.6) is 0 Å². The fraction of sp³-hybridized carbons (Fsp3) is 0.556. The summed E-state index contributed by atoms with van der Waals surface area (Å²) in [7, 11) is 0. The minimum atomic E-state index is -1.91. The molecule has 0 bridgehead atoms. The topological polar surface area (TPSA) is 390 Å². The van der Waals surface area contributed by atoms with Crippen molar-refractivity contribution in [3.8, 4) is 0 Å².